The molecule has 2 aromatic carbocycles. The van der Waals surface area contributed by atoms with Crippen LogP contribution in [-0.2, 0) is 9.47 Å². The first-order valence-corrected chi connectivity index (χ1v) is 25.4. The summed E-state index contributed by atoms with van der Waals surface area (Å²) in [6.07, 6.45) is 42.6. The van der Waals surface area contributed by atoms with Gasteiger partial charge in [0.1, 0.15) is 13.2 Å². The molecule has 0 spiro atoms. The van der Waals surface area contributed by atoms with Gasteiger partial charge < -0.3 is 19.7 Å². The second-order valence-corrected chi connectivity index (χ2v) is 17.4. The van der Waals surface area contributed by atoms with Gasteiger partial charge in [-0.05, 0) is 48.2 Å². The molecule has 6 nitrogen and oxygen atoms in total. The van der Waals surface area contributed by atoms with Crippen LogP contribution in [-0.4, -0.2) is 48.6 Å². The molecule has 6 heteroatoms. The average molecular weight is 855 g/mol. The van der Waals surface area contributed by atoms with Gasteiger partial charge in [-0.1, -0.05) is 242 Å². The van der Waals surface area contributed by atoms with E-state index < -0.39 is 11.9 Å². The van der Waals surface area contributed by atoms with Gasteiger partial charge in [-0.25, -0.2) is 9.59 Å². The van der Waals surface area contributed by atoms with Crippen LogP contribution in [0.3, 0.4) is 0 Å². The molecule has 2 rings (SSSR count). The molecule has 0 fully saturated rings. The van der Waals surface area contributed by atoms with E-state index in [4.69, 9.17) is 9.47 Å². The number of rotatable bonds is 39. The zero-order valence-electron chi connectivity index (χ0n) is 39.4. The highest BCUT2D eigenvalue weighted by Crippen LogP contribution is 2.26. The molecular formula is C56H86O6. The van der Waals surface area contributed by atoms with Gasteiger partial charge in [0.05, 0.1) is 11.1 Å². The van der Waals surface area contributed by atoms with E-state index in [1.165, 1.54) is 180 Å². The van der Waals surface area contributed by atoms with Crippen LogP contribution in [0.5, 0.6) is 0 Å². The first-order chi connectivity index (χ1) is 30.5. The van der Waals surface area contributed by atoms with Gasteiger partial charge >= 0.3 is 11.9 Å². The number of carboxylic acid groups (broad SMARTS) is 2. The number of aromatic carboxylic acids is 2. The van der Waals surface area contributed by atoms with Crippen LogP contribution in [0.4, 0.5) is 0 Å². The molecule has 0 unspecified atom stereocenters. The molecule has 0 aliphatic heterocycles. The van der Waals surface area contributed by atoms with Crippen molar-refractivity contribution in [2.45, 2.75) is 219 Å². The fraction of sp³-hybridized carbons (Fsp3) is 0.679. The van der Waals surface area contributed by atoms with Gasteiger partial charge in [0.2, 0.25) is 0 Å². The molecule has 62 heavy (non-hydrogen) atoms. The molecule has 0 saturated carbocycles. The van der Waals surface area contributed by atoms with Crippen LogP contribution in [0.15, 0.2) is 36.4 Å². The molecule has 0 bridgehead atoms. The van der Waals surface area contributed by atoms with Crippen LogP contribution in [0.2, 0.25) is 0 Å². The van der Waals surface area contributed by atoms with E-state index in [-0.39, 0.29) is 24.3 Å². The van der Waals surface area contributed by atoms with Crippen molar-refractivity contribution in [1.29, 1.82) is 0 Å². The maximum absolute atomic E-state index is 12.2. The van der Waals surface area contributed by atoms with Gasteiger partial charge in [0.15, 0.2) is 0 Å². The molecule has 0 aromatic heterocycles. The smallest absolute Gasteiger partial charge is 0.336 e. The van der Waals surface area contributed by atoms with Gasteiger partial charge in [0, 0.05) is 24.3 Å². The van der Waals surface area contributed by atoms with Crippen LogP contribution >= 0.6 is 0 Å². The number of carboxylic acids is 2. The van der Waals surface area contributed by atoms with Crippen molar-refractivity contribution in [3.63, 3.8) is 0 Å². The van der Waals surface area contributed by atoms with E-state index in [0.29, 0.717) is 35.5 Å². The fourth-order valence-electron chi connectivity index (χ4n) is 8.03. The third kappa shape index (κ3) is 28.2. The molecule has 0 atom stereocenters. The summed E-state index contributed by atoms with van der Waals surface area (Å²) in [6, 6.07) is 9.98. The van der Waals surface area contributed by atoms with Crippen molar-refractivity contribution >= 4 is 11.9 Å². The maximum Gasteiger partial charge on any atom is 0.336 e. The molecule has 0 amide bonds. The fourth-order valence-corrected chi connectivity index (χ4v) is 8.03. The SMILES string of the molecule is CCCCCCCCCCCCCCCCCCOCC#Cc1ccc(-c2ccc(C#CCOCCCCCCCCCCCCCCCCCC)c(C(=O)O)c2)cc1C(=O)O. The predicted octanol–water partition coefficient (Wildman–Crippen LogP) is 16.0. The summed E-state index contributed by atoms with van der Waals surface area (Å²) in [5, 5.41) is 19.9. The number of benzene rings is 2. The summed E-state index contributed by atoms with van der Waals surface area (Å²) in [4.78, 5) is 24.3. The Morgan fingerprint density at radius 2 is 0.661 bits per heavy atom. The lowest BCUT2D eigenvalue weighted by molar-refractivity contribution is 0.0685. The molecule has 0 heterocycles. The molecule has 0 aliphatic rings. The quantitative estimate of drug-likeness (QED) is 0.0514. The molecule has 346 valence electrons. The maximum atomic E-state index is 12.2. The minimum Gasteiger partial charge on any atom is -0.478 e. The lowest BCUT2D eigenvalue weighted by Gasteiger charge is -2.08. The predicted molar refractivity (Wildman–Crippen MR) is 260 cm³/mol. The first-order valence-electron chi connectivity index (χ1n) is 25.4. The first kappa shape index (κ1) is 54.6. The van der Waals surface area contributed by atoms with Crippen LogP contribution in [0.1, 0.15) is 251 Å². The summed E-state index contributed by atoms with van der Waals surface area (Å²) in [5.41, 5.74) is 2.11. The normalized spacial score (nSPS) is 10.9. The standard InChI is InChI=1S/C56H86O6/c1-3-5-7-9-11-13-15-17-19-21-23-25-27-29-31-33-43-61-45-35-37-49-39-41-51(47-53(49)55(57)58)52-42-40-50(54(48-52)56(59)60)38-36-46-62-44-34-32-30-28-26-24-22-20-18-16-14-12-10-8-6-4-2/h39-42,47-48H,3-34,43-46H2,1-2H3,(H,57,58)(H,59,60). The largest absolute Gasteiger partial charge is 0.478 e. The van der Waals surface area contributed by atoms with Crippen molar-refractivity contribution in [1.82, 2.24) is 0 Å². The number of ether oxygens (including phenoxy) is 2. The Labute approximate surface area is 379 Å². The summed E-state index contributed by atoms with van der Waals surface area (Å²) in [6.45, 7) is 6.34. The Hall–Kier alpha value is -3.58. The lowest BCUT2D eigenvalue weighted by atomic mass is 9.96. The van der Waals surface area contributed by atoms with Gasteiger partial charge in [-0.3, -0.25) is 0 Å². The molecule has 0 radical (unpaired) electrons. The molecule has 0 saturated heterocycles. The minimum atomic E-state index is -1.09. The van der Waals surface area contributed by atoms with Gasteiger partial charge in [-0.2, -0.15) is 0 Å². The van der Waals surface area contributed by atoms with Gasteiger partial charge in [-0.15, -0.1) is 0 Å². The zero-order chi connectivity index (χ0) is 44.6. The van der Waals surface area contributed by atoms with E-state index in [1.54, 1.807) is 36.4 Å². The van der Waals surface area contributed by atoms with Crippen molar-refractivity contribution in [2.75, 3.05) is 26.4 Å². The van der Waals surface area contributed by atoms with E-state index in [1.807, 2.05) is 0 Å². The van der Waals surface area contributed by atoms with Crippen LogP contribution in [0, 0.1) is 23.7 Å². The Bertz CT molecular complexity index is 1450. The van der Waals surface area contributed by atoms with E-state index in [0.717, 1.165) is 25.7 Å². The monoisotopic (exact) mass is 855 g/mol. The van der Waals surface area contributed by atoms with E-state index in [2.05, 4.69) is 37.5 Å². The Balaban J connectivity index is 1.62. The number of hydrogen-bond acceptors (Lipinski definition) is 4. The highest BCUT2D eigenvalue weighted by molar-refractivity contribution is 5.94. The second-order valence-electron chi connectivity index (χ2n) is 17.4. The van der Waals surface area contributed by atoms with Crippen molar-refractivity contribution < 1.29 is 29.3 Å². The zero-order valence-corrected chi connectivity index (χ0v) is 39.4. The van der Waals surface area contributed by atoms with Crippen molar-refractivity contribution in [3.05, 3.63) is 58.7 Å². The summed E-state index contributed by atoms with van der Waals surface area (Å²) >= 11 is 0. The van der Waals surface area contributed by atoms with E-state index in [9.17, 15) is 19.8 Å². The average Bonchev–Trinajstić information content (AvgIpc) is 3.27. The van der Waals surface area contributed by atoms with Crippen LogP contribution < -0.4 is 0 Å². The van der Waals surface area contributed by atoms with Crippen molar-refractivity contribution in [3.8, 4) is 34.8 Å². The summed E-state index contributed by atoms with van der Waals surface area (Å²) in [5.74, 6) is 9.66. The molecule has 2 N–H and O–H groups in total. The molecule has 2 aromatic rings. The molecular weight excluding hydrogens is 769 g/mol. The number of carbonyl (C=O) groups is 2. The Morgan fingerprint density at radius 3 is 0.919 bits per heavy atom. The number of unbranched alkanes of at least 4 members (excludes halogenated alkanes) is 30. The third-order valence-electron chi connectivity index (χ3n) is 11.9. The topological polar surface area (TPSA) is 93.1 Å². The Morgan fingerprint density at radius 1 is 0.403 bits per heavy atom. The highest BCUT2D eigenvalue weighted by atomic mass is 16.5. The van der Waals surface area contributed by atoms with E-state index >= 15 is 0 Å². The van der Waals surface area contributed by atoms with Crippen LogP contribution in [0.25, 0.3) is 11.1 Å². The summed E-state index contributed by atoms with van der Waals surface area (Å²) in [7, 11) is 0. The highest BCUT2D eigenvalue weighted by Gasteiger charge is 2.14. The number of hydrogen-bond donors (Lipinski definition) is 2. The Kier molecular flexibility index (Phi) is 34.4. The minimum absolute atomic E-state index is 0.0649. The third-order valence-corrected chi connectivity index (χ3v) is 11.9. The lowest BCUT2D eigenvalue weighted by Crippen LogP contribution is -2.03. The molecule has 0 aliphatic carbocycles. The second kappa shape index (κ2) is 39.0. The summed E-state index contributed by atoms with van der Waals surface area (Å²) < 4.78 is 11.4. The van der Waals surface area contributed by atoms with Crippen molar-refractivity contribution in [2.24, 2.45) is 0 Å². The van der Waals surface area contributed by atoms with Gasteiger partial charge in [0.25, 0.3) is 0 Å².